The van der Waals surface area contributed by atoms with Crippen molar-refractivity contribution >= 4 is 46.3 Å². The van der Waals surface area contributed by atoms with Crippen molar-refractivity contribution in [3.05, 3.63) is 87.2 Å². The Morgan fingerprint density at radius 2 is 1.76 bits per heavy atom. The second-order valence-corrected chi connectivity index (χ2v) is 8.34. The lowest BCUT2D eigenvalue weighted by Crippen LogP contribution is -2.30. The molecule has 174 valence electrons. The van der Waals surface area contributed by atoms with Crippen LogP contribution < -0.4 is 14.4 Å². The zero-order valence-corrected chi connectivity index (χ0v) is 20.0. The maximum atomic E-state index is 13.3. The van der Waals surface area contributed by atoms with Gasteiger partial charge in [0.25, 0.3) is 11.7 Å². The van der Waals surface area contributed by atoms with E-state index in [9.17, 15) is 14.7 Å². The number of aromatic nitrogens is 1. The van der Waals surface area contributed by atoms with E-state index < -0.39 is 23.5 Å². The molecule has 2 aromatic carbocycles. The van der Waals surface area contributed by atoms with Crippen LogP contribution in [0.3, 0.4) is 0 Å². The van der Waals surface area contributed by atoms with Gasteiger partial charge in [0.15, 0.2) is 0 Å². The Labute approximate surface area is 206 Å². The van der Waals surface area contributed by atoms with E-state index in [0.29, 0.717) is 27.6 Å². The van der Waals surface area contributed by atoms with E-state index in [1.165, 1.54) is 37.4 Å². The van der Waals surface area contributed by atoms with Gasteiger partial charge in [-0.05, 0) is 42.3 Å². The molecule has 1 aromatic heterocycles. The number of aliphatic hydroxyl groups is 1. The third-order valence-electron chi connectivity index (χ3n) is 5.67. The first kappa shape index (κ1) is 23.6. The van der Waals surface area contributed by atoms with Crippen LogP contribution in [0, 0.1) is 6.92 Å². The van der Waals surface area contributed by atoms with Crippen LogP contribution in [0.5, 0.6) is 11.5 Å². The lowest BCUT2D eigenvalue weighted by molar-refractivity contribution is -0.132. The van der Waals surface area contributed by atoms with Crippen LogP contribution in [-0.2, 0) is 9.59 Å². The fourth-order valence-electron chi connectivity index (χ4n) is 3.98. The van der Waals surface area contributed by atoms with Gasteiger partial charge in [-0.15, -0.1) is 0 Å². The Hall–Kier alpha value is -3.55. The van der Waals surface area contributed by atoms with Gasteiger partial charge in [0.2, 0.25) is 0 Å². The smallest absolute Gasteiger partial charge is 0.300 e. The number of ether oxygens (including phenoxy) is 2. The Morgan fingerprint density at radius 1 is 1.03 bits per heavy atom. The monoisotopic (exact) mass is 498 g/mol. The summed E-state index contributed by atoms with van der Waals surface area (Å²) in [4.78, 5) is 32.1. The van der Waals surface area contributed by atoms with Crippen LogP contribution >= 0.6 is 23.2 Å². The molecule has 9 heteroatoms. The van der Waals surface area contributed by atoms with E-state index >= 15 is 0 Å². The number of halogens is 2. The first-order valence-electron chi connectivity index (χ1n) is 10.2. The fraction of sp³-hybridized carbons (Fsp3) is 0.160. The van der Waals surface area contributed by atoms with Gasteiger partial charge in [-0.1, -0.05) is 35.3 Å². The number of aliphatic hydroxyl groups excluding tert-OH is 1. The SMILES string of the molecule is COc1cc(OC)c(/C(O)=C2\C(=O)C(=O)N(c3cccc(Cl)c3C)C2c2cccnc2)cc1Cl. The molecule has 0 saturated carbocycles. The number of Topliss-reactive ketones (excluding diaryl/α,β-unsaturated/α-hetero) is 1. The zero-order valence-electron chi connectivity index (χ0n) is 18.5. The molecule has 1 N–H and O–H groups in total. The molecule has 2 heterocycles. The third kappa shape index (κ3) is 3.87. The second-order valence-electron chi connectivity index (χ2n) is 7.53. The van der Waals surface area contributed by atoms with E-state index in [1.807, 2.05) is 0 Å². The topological polar surface area (TPSA) is 89.0 Å². The van der Waals surface area contributed by atoms with Gasteiger partial charge < -0.3 is 14.6 Å². The van der Waals surface area contributed by atoms with Gasteiger partial charge in [-0.25, -0.2) is 0 Å². The minimum absolute atomic E-state index is 0.128. The van der Waals surface area contributed by atoms with Crippen molar-refractivity contribution in [3.8, 4) is 11.5 Å². The van der Waals surface area contributed by atoms with E-state index in [-0.39, 0.29) is 21.9 Å². The number of hydrogen-bond acceptors (Lipinski definition) is 6. The molecule has 1 aliphatic rings. The van der Waals surface area contributed by atoms with E-state index in [4.69, 9.17) is 32.7 Å². The van der Waals surface area contributed by atoms with Crippen molar-refractivity contribution in [2.45, 2.75) is 13.0 Å². The maximum absolute atomic E-state index is 13.3. The number of benzene rings is 2. The summed E-state index contributed by atoms with van der Waals surface area (Å²) in [5.74, 6) is -1.56. The molecule has 1 atom stereocenters. The van der Waals surface area contributed by atoms with Crippen molar-refractivity contribution in [1.29, 1.82) is 0 Å². The largest absolute Gasteiger partial charge is 0.507 e. The predicted molar refractivity (Wildman–Crippen MR) is 130 cm³/mol. The van der Waals surface area contributed by atoms with Crippen molar-refractivity contribution in [2.24, 2.45) is 0 Å². The number of pyridine rings is 1. The lowest BCUT2D eigenvalue weighted by atomic mass is 9.95. The highest BCUT2D eigenvalue weighted by Crippen LogP contribution is 2.45. The minimum atomic E-state index is -0.962. The van der Waals surface area contributed by atoms with Crippen LogP contribution in [0.15, 0.2) is 60.4 Å². The number of hydrogen-bond donors (Lipinski definition) is 1. The predicted octanol–water partition coefficient (Wildman–Crippen LogP) is 5.34. The van der Waals surface area contributed by atoms with E-state index in [0.717, 1.165) is 0 Å². The summed E-state index contributed by atoms with van der Waals surface area (Å²) in [7, 11) is 2.85. The zero-order chi connectivity index (χ0) is 24.6. The number of methoxy groups -OCH3 is 2. The summed E-state index contributed by atoms with van der Waals surface area (Å²) in [6.07, 6.45) is 3.11. The molecule has 0 aliphatic carbocycles. The Morgan fingerprint density at radius 3 is 2.41 bits per heavy atom. The second kappa shape index (κ2) is 9.37. The van der Waals surface area contributed by atoms with Crippen molar-refractivity contribution in [3.63, 3.8) is 0 Å². The molecule has 1 unspecified atom stereocenters. The number of amides is 1. The molecule has 1 fully saturated rings. The average molecular weight is 499 g/mol. The van der Waals surface area contributed by atoms with Gasteiger partial charge in [-0.3, -0.25) is 19.5 Å². The Kier molecular flexibility index (Phi) is 6.50. The molecule has 34 heavy (non-hydrogen) atoms. The standard InChI is InChI=1S/C25H20Cl2N2O5/c1-13-16(26)7-4-8-18(13)29-22(14-6-5-9-28-12-14)21(24(31)25(29)32)23(30)15-10-17(27)20(34-3)11-19(15)33-2/h4-12,22,30H,1-3H3/b23-21+. The van der Waals surface area contributed by atoms with Crippen molar-refractivity contribution < 1.29 is 24.2 Å². The highest BCUT2D eigenvalue weighted by Gasteiger charge is 2.47. The molecular formula is C25H20Cl2N2O5. The molecule has 0 spiro atoms. The summed E-state index contributed by atoms with van der Waals surface area (Å²) in [5, 5.41) is 12.0. The first-order valence-corrected chi connectivity index (χ1v) is 10.9. The number of ketones is 1. The molecule has 1 aliphatic heterocycles. The van der Waals surface area contributed by atoms with Crippen LogP contribution in [0.2, 0.25) is 10.0 Å². The van der Waals surface area contributed by atoms with E-state index in [2.05, 4.69) is 4.98 Å². The molecule has 3 aromatic rings. The summed E-state index contributed by atoms with van der Waals surface area (Å²) in [6.45, 7) is 1.75. The molecule has 0 bridgehead atoms. The number of carbonyl (C=O) groups excluding carboxylic acids is 2. The van der Waals surface area contributed by atoms with Crippen LogP contribution in [0.25, 0.3) is 5.76 Å². The van der Waals surface area contributed by atoms with Crippen LogP contribution in [-0.4, -0.2) is 36.0 Å². The summed E-state index contributed by atoms with van der Waals surface area (Å²) in [6, 6.07) is 10.4. The van der Waals surface area contributed by atoms with Crippen LogP contribution in [0.4, 0.5) is 5.69 Å². The molecule has 1 saturated heterocycles. The average Bonchev–Trinajstić information content (AvgIpc) is 3.11. The molecule has 4 rings (SSSR count). The summed E-state index contributed by atoms with van der Waals surface area (Å²) >= 11 is 12.6. The van der Waals surface area contributed by atoms with Gasteiger partial charge in [0.05, 0.1) is 36.4 Å². The highest BCUT2D eigenvalue weighted by molar-refractivity contribution is 6.52. The molecule has 7 nitrogen and oxygen atoms in total. The van der Waals surface area contributed by atoms with Gasteiger partial charge >= 0.3 is 0 Å². The summed E-state index contributed by atoms with van der Waals surface area (Å²) in [5.41, 5.74) is 1.60. The number of rotatable bonds is 5. The third-order valence-corrected chi connectivity index (χ3v) is 6.38. The molecule has 0 radical (unpaired) electrons. The molecule has 1 amide bonds. The van der Waals surface area contributed by atoms with E-state index in [1.54, 1.807) is 43.5 Å². The first-order chi connectivity index (χ1) is 16.3. The maximum Gasteiger partial charge on any atom is 0.300 e. The van der Waals surface area contributed by atoms with Gasteiger partial charge in [-0.2, -0.15) is 0 Å². The normalized spacial score (nSPS) is 17.2. The summed E-state index contributed by atoms with van der Waals surface area (Å²) < 4.78 is 10.6. The van der Waals surface area contributed by atoms with Gasteiger partial charge in [0.1, 0.15) is 17.3 Å². The number of carbonyl (C=O) groups is 2. The number of anilines is 1. The Bertz CT molecular complexity index is 1320. The highest BCUT2D eigenvalue weighted by atomic mass is 35.5. The minimum Gasteiger partial charge on any atom is -0.507 e. The lowest BCUT2D eigenvalue weighted by Gasteiger charge is -2.27. The van der Waals surface area contributed by atoms with Crippen molar-refractivity contribution in [1.82, 2.24) is 4.98 Å². The van der Waals surface area contributed by atoms with Crippen LogP contribution in [0.1, 0.15) is 22.7 Å². The quantitative estimate of drug-likeness (QED) is 0.290. The number of nitrogens with zero attached hydrogens (tertiary/aromatic N) is 2. The van der Waals surface area contributed by atoms with Gasteiger partial charge in [0, 0.05) is 29.2 Å². The fourth-order valence-corrected chi connectivity index (χ4v) is 4.39. The molecular weight excluding hydrogens is 479 g/mol. The Balaban J connectivity index is 2.01. The van der Waals surface area contributed by atoms with Crippen molar-refractivity contribution in [2.75, 3.05) is 19.1 Å².